The molecule has 0 radical (unpaired) electrons. The van der Waals surface area contributed by atoms with Crippen LogP contribution in [-0.2, 0) is 0 Å². The molecule has 3 aliphatic rings. The van der Waals surface area contributed by atoms with E-state index in [-0.39, 0.29) is 11.7 Å². The van der Waals surface area contributed by atoms with Gasteiger partial charge in [0.25, 0.3) is 0 Å². The molecule has 0 saturated heterocycles. The molecule has 4 rings (SSSR count). The number of hydrogen-bond donors (Lipinski definition) is 1. The third kappa shape index (κ3) is 1.30. The summed E-state index contributed by atoms with van der Waals surface area (Å²) in [6, 6.07) is 7.97. The van der Waals surface area contributed by atoms with E-state index in [1.807, 2.05) is 24.3 Å². The molecule has 1 N–H and O–H groups in total. The second-order valence-corrected chi connectivity index (χ2v) is 6.00. The first-order chi connectivity index (χ1) is 8.27. The van der Waals surface area contributed by atoms with E-state index in [0.29, 0.717) is 5.92 Å². The summed E-state index contributed by atoms with van der Waals surface area (Å²) < 4.78 is 6.32. The lowest BCUT2D eigenvalue weighted by molar-refractivity contribution is -0.0509. The van der Waals surface area contributed by atoms with Gasteiger partial charge in [-0.25, -0.2) is 0 Å². The number of hydrogen-bond acceptors (Lipinski definition) is 2. The second-order valence-electron chi connectivity index (χ2n) is 6.00. The Hall–Kier alpha value is -1.02. The smallest absolute Gasteiger partial charge is 0.125 e. The summed E-state index contributed by atoms with van der Waals surface area (Å²) in [5, 5.41) is 10.3. The van der Waals surface area contributed by atoms with Gasteiger partial charge in [0, 0.05) is 12.0 Å². The van der Waals surface area contributed by atoms with E-state index in [2.05, 4.69) is 0 Å². The maximum atomic E-state index is 10.3. The lowest BCUT2D eigenvalue weighted by Gasteiger charge is -2.43. The summed E-state index contributed by atoms with van der Waals surface area (Å²) in [6.45, 7) is 0. The van der Waals surface area contributed by atoms with Crippen LogP contribution in [-0.4, -0.2) is 10.7 Å². The fourth-order valence-corrected chi connectivity index (χ4v) is 4.32. The van der Waals surface area contributed by atoms with Crippen LogP contribution < -0.4 is 4.74 Å². The zero-order valence-electron chi connectivity index (χ0n) is 9.93. The van der Waals surface area contributed by atoms with Crippen molar-refractivity contribution in [3.8, 4) is 5.75 Å². The van der Waals surface area contributed by atoms with Crippen LogP contribution in [0.25, 0.3) is 0 Å². The molecule has 2 fully saturated rings. The fraction of sp³-hybridized carbons (Fsp3) is 0.600. The molecule has 1 aromatic carbocycles. The summed E-state index contributed by atoms with van der Waals surface area (Å²) in [5.41, 5.74) is 0.928. The number of aliphatic hydroxyl groups is 1. The van der Waals surface area contributed by atoms with Gasteiger partial charge in [-0.15, -0.1) is 0 Å². The van der Waals surface area contributed by atoms with Gasteiger partial charge in [0.05, 0.1) is 6.10 Å². The highest BCUT2D eigenvalue weighted by Crippen LogP contribution is 2.57. The molecule has 1 aromatic rings. The molecule has 2 saturated carbocycles. The van der Waals surface area contributed by atoms with Crippen molar-refractivity contribution in [3.05, 3.63) is 29.8 Å². The maximum absolute atomic E-state index is 10.3. The minimum absolute atomic E-state index is 0.0450. The van der Waals surface area contributed by atoms with Gasteiger partial charge in [0.2, 0.25) is 0 Å². The van der Waals surface area contributed by atoms with E-state index in [1.54, 1.807) is 0 Å². The zero-order chi connectivity index (χ0) is 11.5. The van der Waals surface area contributed by atoms with E-state index >= 15 is 0 Å². The van der Waals surface area contributed by atoms with Crippen LogP contribution in [0, 0.1) is 11.8 Å². The van der Waals surface area contributed by atoms with Crippen LogP contribution in [0.3, 0.4) is 0 Å². The predicted octanol–water partition coefficient (Wildman–Crippen LogP) is 3.06. The molecule has 17 heavy (non-hydrogen) atoms. The number of ether oxygens (including phenoxy) is 1. The first-order valence-corrected chi connectivity index (χ1v) is 6.73. The summed E-state index contributed by atoms with van der Waals surface area (Å²) in [4.78, 5) is 0. The highest BCUT2D eigenvalue weighted by atomic mass is 16.5. The van der Waals surface area contributed by atoms with Gasteiger partial charge < -0.3 is 9.84 Å². The lowest BCUT2D eigenvalue weighted by atomic mass is 9.77. The molecule has 1 spiro atoms. The zero-order valence-corrected chi connectivity index (χ0v) is 9.93. The van der Waals surface area contributed by atoms with Crippen LogP contribution >= 0.6 is 0 Å². The van der Waals surface area contributed by atoms with Crippen molar-refractivity contribution in [2.75, 3.05) is 0 Å². The van der Waals surface area contributed by atoms with E-state index < -0.39 is 0 Å². The Bertz CT molecular complexity index is 456. The minimum Gasteiger partial charge on any atom is -0.486 e. The molecule has 0 amide bonds. The van der Waals surface area contributed by atoms with Crippen molar-refractivity contribution in [2.24, 2.45) is 11.8 Å². The maximum Gasteiger partial charge on any atom is 0.125 e. The van der Waals surface area contributed by atoms with Gasteiger partial charge in [-0.05, 0) is 43.6 Å². The molecule has 2 heteroatoms. The SMILES string of the molecule is O[C@@H]1CC2(CC3CCC2C3)Oc2ccccc21. The second kappa shape index (κ2) is 3.26. The molecular formula is C15H18O2. The Morgan fingerprint density at radius 2 is 2.06 bits per heavy atom. The molecule has 1 aliphatic heterocycles. The molecule has 0 aromatic heterocycles. The van der Waals surface area contributed by atoms with Gasteiger partial charge in [-0.1, -0.05) is 18.2 Å². The fourth-order valence-electron chi connectivity index (χ4n) is 4.32. The third-order valence-corrected chi connectivity index (χ3v) is 5.05. The number of para-hydroxylation sites is 1. The summed E-state index contributed by atoms with van der Waals surface area (Å²) >= 11 is 0. The van der Waals surface area contributed by atoms with E-state index in [1.165, 1.54) is 19.3 Å². The third-order valence-electron chi connectivity index (χ3n) is 5.05. The van der Waals surface area contributed by atoms with Crippen LogP contribution in [0.4, 0.5) is 0 Å². The summed E-state index contributed by atoms with van der Waals surface area (Å²) in [7, 11) is 0. The van der Waals surface area contributed by atoms with Gasteiger partial charge in [0.1, 0.15) is 11.4 Å². The standard InChI is InChI=1S/C15H18O2/c16-13-9-15(8-10-5-6-11(15)7-10)17-14-4-2-1-3-12(13)14/h1-4,10-11,13,16H,5-9H2/t10?,11?,13-,15?/m1/s1. The van der Waals surface area contributed by atoms with Gasteiger partial charge in [0.15, 0.2) is 0 Å². The van der Waals surface area contributed by atoms with Gasteiger partial charge in [-0.2, -0.15) is 0 Å². The number of rotatable bonds is 0. The van der Waals surface area contributed by atoms with Crippen molar-refractivity contribution < 1.29 is 9.84 Å². The quantitative estimate of drug-likeness (QED) is 0.742. The normalized spacial score (nSPS) is 42.5. The molecule has 2 bridgehead atoms. The largest absolute Gasteiger partial charge is 0.486 e. The van der Waals surface area contributed by atoms with Crippen LogP contribution in [0.2, 0.25) is 0 Å². The molecule has 4 atom stereocenters. The highest BCUT2D eigenvalue weighted by molar-refractivity contribution is 5.38. The van der Waals surface area contributed by atoms with Gasteiger partial charge >= 0.3 is 0 Å². The van der Waals surface area contributed by atoms with Crippen molar-refractivity contribution >= 4 is 0 Å². The average molecular weight is 230 g/mol. The number of aliphatic hydroxyl groups excluding tert-OH is 1. The Morgan fingerprint density at radius 3 is 2.82 bits per heavy atom. The highest BCUT2D eigenvalue weighted by Gasteiger charge is 2.55. The van der Waals surface area contributed by atoms with Crippen molar-refractivity contribution in [2.45, 2.75) is 43.8 Å². The molecule has 1 heterocycles. The minimum atomic E-state index is -0.334. The van der Waals surface area contributed by atoms with Gasteiger partial charge in [-0.3, -0.25) is 0 Å². The van der Waals surface area contributed by atoms with Crippen molar-refractivity contribution in [1.82, 2.24) is 0 Å². The molecule has 2 nitrogen and oxygen atoms in total. The Labute approximate surface area is 102 Å². The first-order valence-electron chi connectivity index (χ1n) is 6.73. The number of fused-ring (bicyclic) bond motifs is 4. The topological polar surface area (TPSA) is 29.5 Å². The van der Waals surface area contributed by atoms with Crippen LogP contribution in [0.5, 0.6) is 5.75 Å². The molecule has 2 aliphatic carbocycles. The summed E-state index contributed by atoms with van der Waals surface area (Å²) in [6.07, 6.45) is 5.59. The molecule has 3 unspecified atom stereocenters. The monoisotopic (exact) mass is 230 g/mol. The summed E-state index contributed by atoms with van der Waals surface area (Å²) in [5.74, 6) is 2.44. The van der Waals surface area contributed by atoms with Crippen LogP contribution in [0.15, 0.2) is 24.3 Å². The number of benzene rings is 1. The Kier molecular flexibility index (Phi) is 1.91. The van der Waals surface area contributed by atoms with E-state index in [0.717, 1.165) is 30.1 Å². The van der Waals surface area contributed by atoms with E-state index in [9.17, 15) is 5.11 Å². The Morgan fingerprint density at radius 1 is 1.18 bits per heavy atom. The van der Waals surface area contributed by atoms with Crippen molar-refractivity contribution in [3.63, 3.8) is 0 Å². The average Bonchev–Trinajstić information content (AvgIpc) is 2.89. The molecular weight excluding hydrogens is 212 g/mol. The van der Waals surface area contributed by atoms with Crippen molar-refractivity contribution in [1.29, 1.82) is 0 Å². The van der Waals surface area contributed by atoms with Crippen LogP contribution in [0.1, 0.15) is 43.8 Å². The molecule has 90 valence electrons. The lowest BCUT2D eigenvalue weighted by Crippen LogP contribution is -2.45. The Balaban J connectivity index is 1.74. The predicted molar refractivity (Wildman–Crippen MR) is 64.8 cm³/mol. The van der Waals surface area contributed by atoms with E-state index in [4.69, 9.17) is 4.74 Å². The first kappa shape index (κ1) is 9.95.